The van der Waals surface area contributed by atoms with Gasteiger partial charge in [0.1, 0.15) is 4.90 Å². The van der Waals surface area contributed by atoms with Crippen LogP contribution in [0.4, 0.5) is 0 Å². The van der Waals surface area contributed by atoms with Crippen LogP contribution in [0, 0.1) is 5.92 Å². The summed E-state index contributed by atoms with van der Waals surface area (Å²) in [6, 6.07) is 4.91. The number of hydrogen-bond donors (Lipinski definition) is 0. The van der Waals surface area contributed by atoms with Gasteiger partial charge in [-0.25, -0.2) is 8.42 Å². The molecule has 0 amide bonds. The van der Waals surface area contributed by atoms with E-state index in [1.54, 1.807) is 22.5 Å². The van der Waals surface area contributed by atoms with Crippen molar-refractivity contribution in [2.75, 3.05) is 6.54 Å². The van der Waals surface area contributed by atoms with E-state index in [-0.39, 0.29) is 16.0 Å². The molecule has 2 unspecified atom stereocenters. The Balaban J connectivity index is 2.41. The van der Waals surface area contributed by atoms with Gasteiger partial charge in [-0.3, -0.25) is 0 Å². The minimum Gasteiger partial charge on any atom is -0.207 e. The van der Waals surface area contributed by atoms with Crippen LogP contribution in [0.15, 0.2) is 27.6 Å². The highest BCUT2D eigenvalue weighted by Gasteiger charge is 2.34. The van der Waals surface area contributed by atoms with E-state index < -0.39 is 10.0 Å². The summed E-state index contributed by atoms with van der Waals surface area (Å²) in [5.74, 6) is 0.389. The maximum atomic E-state index is 12.7. The Morgan fingerprint density at radius 1 is 1.32 bits per heavy atom. The van der Waals surface area contributed by atoms with E-state index in [0.717, 1.165) is 17.3 Å². The fraction of sp³-hybridized carbons (Fsp3) is 0.538. The minimum atomic E-state index is -3.51. The van der Waals surface area contributed by atoms with Gasteiger partial charge in [0, 0.05) is 17.1 Å². The van der Waals surface area contributed by atoms with Crippen LogP contribution in [-0.4, -0.2) is 25.3 Å². The molecule has 6 heteroatoms. The number of halogens is 2. The lowest BCUT2D eigenvalue weighted by Crippen LogP contribution is -2.44. The summed E-state index contributed by atoms with van der Waals surface area (Å²) in [6.07, 6.45) is 1.97. The van der Waals surface area contributed by atoms with E-state index in [4.69, 9.17) is 11.6 Å². The fourth-order valence-electron chi connectivity index (χ4n) is 2.39. The third kappa shape index (κ3) is 3.15. The molecule has 1 fully saturated rings. The molecular weight excluding hydrogens is 350 g/mol. The number of nitrogens with zero attached hydrogens (tertiary/aromatic N) is 1. The zero-order chi connectivity index (χ0) is 14.2. The third-order valence-corrected chi connectivity index (χ3v) is 6.50. The van der Waals surface area contributed by atoms with Crippen LogP contribution in [-0.2, 0) is 10.0 Å². The molecule has 2 atom stereocenters. The number of piperidine rings is 1. The molecule has 0 spiro atoms. The van der Waals surface area contributed by atoms with E-state index in [0.29, 0.717) is 12.5 Å². The largest absolute Gasteiger partial charge is 0.244 e. The second-order valence-electron chi connectivity index (χ2n) is 5.18. The van der Waals surface area contributed by atoms with Gasteiger partial charge in [0.15, 0.2) is 0 Å². The molecule has 0 radical (unpaired) electrons. The van der Waals surface area contributed by atoms with Crippen LogP contribution in [0.1, 0.15) is 26.7 Å². The van der Waals surface area contributed by atoms with Gasteiger partial charge in [0.2, 0.25) is 10.0 Å². The van der Waals surface area contributed by atoms with Gasteiger partial charge < -0.3 is 0 Å². The topological polar surface area (TPSA) is 37.4 Å². The van der Waals surface area contributed by atoms with Crippen molar-refractivity contribution in [2.24, 2.45) is 5.92 Å². The van der Waals surface area contributed by atoms with Crippen molar-refractivity contribution in [3.8, 4) is 0 Å². The van der Waals surface area contributed by atoms with Gasteiger partial charge in [-0.15, -0.1) is 0 Å². The van der Waals surface area contributed by atoms with E-state index in [9.17, 15) is 8.42 Å². The molecule has 3 nitrogen and oxygen atoms in total. The van der Waals surface area contributed by atoms with Crippen molar-refractivity contribution in [1.29, 1.82) is 0 Å². The molecule has 1 saturated heterocycles. The normalized spacial score (nSPS) is 25.5. The summed E-state index contributed by atoms with van der Waals surface area (Å²) in [6.45, 7) is 4.60. The number of rotatable bonds is 2. The molecule has 0 saturated carbocycles. The van der Waals surface area contributed by atoms with Crippen LogP contribution < -0.4 is 0 Å². The molecule has 0 aliphatic carbocycles. The van der Waals surface area contributed by atoms with Crippen molar-refractivity contribution in [3.63, 3.8) is 0 Å². The van der Waals surface area contributed by atoms with Gasteiger partial charge in [0.25, 0.3) is 0 Å². The van der Waals surface area contributed by atoms with Gasteiger partial charge in [-0.05, 0) is 43.9 Å². The first-order chi connectivity index (χ1) is 8.82. The van der Waals surface area contributed by atoms with Crippen molar-refractivity contribution in [3.05, 3.63) is 27.7 Å². The lowest BCUT2D eigenvalue weighted by molar-refractivity contribution is 0.218. The quantitative estimate of drug-likeness (QED) is 0.795. The van der Waals surface area contributed by atoms with Crippen LogP contribution in [0.3, 0.4) is 0 Å². The monoisotopic (exact) mass is 365 g/mol. The average molecular weight is 367 g/mol. The lowest BCUT2D eigenvalue weighted by atomic mass is 9.97. The molecule has 0 aromatic heterocycles. The third-order valence-electron chi connectivity index (χ3n) is 3.54. The molecule has 2 rings (SSSR count). The molecule has 0 bridgehead atoms. The van der Waals surface area contributed by atoms with Crippen molar-refractivity contribution < 1.29 is 8.42 Å². The molecule has 106 valence electrons. The van der Waals surface area contributed by atoms with Gasteiger partial charge in [0.05, 0.1) is 5.02 Å². The maximum Gasteiger partial charge on any atom is 0.244 e. The average Bonchev–Trinajstić information content (AvgIpc) is 2.31. The highest BCUT2D eigenvalue weighted by molar-refractivity contribution is 9.10. The Hall–Kier alpha value is -0.100. The fourth-order valence-corrected chi connectivity index (χ4v) is 5.19. The Labute approximate surface area is 128 Å². The second kappa shape index (κ2) is 5.72. The highest BCUT2D eigenvalue weighted by atomic mass is 79.9. The zero-order valence-electron chi connectivity index (χ0n) is 10.9. The second-order valence-corrected chi connectivity index (χ2v) is 8.36. The van der Waals surface area contributed by atoms with E-state index in [1.807, 2.05) is 6.92 Å². The minimum absolute atomic E-state index is 0.0286. The molecule has 1 aliphatic heterocycles. The van der Waals surface area contributed by atoms with E-state index in [2.05, 4.69) is 22.9 Å². The Morgan fingerprint density at radius 3 is 2.63 bits per heavy atom. The van der Waals surface area contributed by atoms with Gasteiger partial charge in [-0.1, -0.05) is 34.5 Å². The summed E-state index contributed by atoms with van der Waals surface area (Å²) >= 11 is 9.37. The number of benzene rings is 1. The summed E-state index contributed by atoms with van der Waals surface area (Å²) in [5.41, 5.74) is 0. The number of hydrogen-bond acceptors (Lipinski definition) is 2. The highest BCUT2D eigenvalue weighted by Crippen LogP contribution is 2.32. The van der Waals surface area contributed by atoms with Crippen LogP contribution >= 0.6 is 27.5 Å². The van der Waals surface area contributed by atoms with Crippen molar-refractivity contribution in [1.82, 2.24) is 4.31 Å². The van der Waals surface area contributed by atoms with Crippen molar-refractivity contribution >= 4 is 37.6 Å². The van der Waals surface area contributed by atoms with Crippen LogP contribution in [0.5, 0.6) is 0 Å². The zero-order valence-corrected chi connectivity index (χ0v) is 14.1. The first kappa shape index (κ1) is 15.3. The summed E-state index contributed by atoms with van der Waals surface area (Å²) in [7, 11) is -3.51. The molecule has 1 heterocycles. The predicted octanol–water partition coefficient (Wildman–Crippen LogP) is 3.91. The molecule has 1 aliphatic rings. The summed E-state index contributed by atoms with van der Waals surface area (Å²) in [4.78, 5) is 0.193. The van der Waals surface area contributed by atoms with E-state index >= 15 is 0 Å². The number of sulfonamides is 1. The molecular formula is C13H17BrClNO2S. The smallest absolute Gasteiger partial charge is 0.207 e. The SMILES string of the molecule is CC1CCC(C)N(S(=O)(=O)c2ccc(Br)cc2Cl)C1. The lowest BCUT2D eigenvalue weighted by Gasteiger charge is -2.35. The predicted molar refractivity (Wildman–Crippen MR) is 80.9 cm³/mol. The van der Waals surface area contributed by atoms with Gasteiger partial charge >= 0.3 is 0 Å². The van der Waals surface area contributed by atoms with Crippen molar-refractivity contribution in [2.45, 2.75) is 37.6 Å². The molecule has 0 N–H and O–H groups in total. The Morgan fingerprint density at radius 2 is 2.00 bits per heavy atom. The molecule has 19 heavy (non-hydrogen) atoms. The first-order valence-corrected chi connectivity index (χ1v) is 8.90. The van der Waals surface area contributed by atoms with E-state index in [1.165, 1.54) is 0 Å². The van der Waals surface area contributed by atoms with Crippen LogP contribution in [0.25, 0.3) is 0 Å². The molecule has 1 aromatic rings. The van der Waals surface area contributed by atoms with Crippen LogP contribution in [0.2, 0.25) is 5.02 Å². The molecule has 1 aromatic carbocycles. The Bertz CT molecular complexity index is 576. The standard InChI is InChI=1S/C13H17BrClNO2S/c1-9-3-4-10(2)16(8-9)19(17,18)13-6-5-11(14)7-12(13)15/h5-7,9-10H,3-4,8H2,1-2H3. The van der Waals surface area contributed by atoms with Gasteiger partial charge in [-0.2, -0.15) is 4.31 Å². The maximum absolute atomic E-state index is 12.7. The first-order valence-electron chi connectivity index (χ1n) is 6.29. The Kier molecular flexibility index (Phi) is 4.60. The summed E-state index contributed by atoms with van der Waals surface area (Å²) in [5, 5.41) is 0.264. The summed E-state index contributed by atoms with van der Waals surface area (Å²) < 4.78 is 27.8.